The van der Waals surface area contributed by atoms with Crippen LogP contribution in [0, 0.1) is 13.8 Å². The first-order chi connectivity index (χ1) is 14.4. The van der Waals surface area contributed by atoms with Gasteiger partial charge in [-0.05, 0) is 64.7 Å². The Hall–Kier alpha value is -2.57. The Morgan fingerprint density at radius 3 is 2.19 bits per heavy atom. The lowest BCUT2D eigenvalue weighted by atomic mass is 9.94. The van der Waals surface area contributed by atoms with Crippen LogP contribution in [0.25, 0.3) is 0 Å². The zero-order valence-electron chi connectivity index (χ0n) is 20.3. The van der Waals surface area contributed by atoms with Gasteiger partial charge in [0.2, 0.25) is 11.8 Å². The highest BCUT2D eigenvalue weighted by molar-refractivity contribution is 5.92. The molecule has 2 atom stereocenters. The van der Waals surface area contributed by atoms with E-state index in [2.05, 4.69) is 17.6 Å². The molecule has 0 saturated carbocycles. The second kappa shape index (κ2) is 11.7. The smallest absolute Gasteiger partial charge is 0.408 e. The SMILES string of the molecule is CCCCCNC(=O)C(c1c(C)cccc1C)N(C)C(=O)C(C)NC(=O)OC(C)(C)C. The van der Waals surface area contributed by atoms with Crippen LogP contribution in [0.15, 0.2) is 18.2 Å². The van der Waals surface area contributed by atoms with Gasteiger partial charge in [-0.25, -0.2) is 4.79 Å². The third kappa shape index (κ3) is 8.23. The maximum atomic E-state index is 13.2. The van der Waals surface area contributed by atoms with Crippen molar-refractivity contribution >= 4 is 17.9 Å². The number of likely N-dealkylation sites (N-methyl/N-ethyl adjacent to an activating group) is 1. The van der Waals surface area contributed by atoms with E-state index in [4.69, 9.17) is 4.74 Å². The van der Waals surface area contributed by atoms with E-state index in [9.17, 15) is 14.4 Å². The van der Waals surface area contributed by atoms with E-state index in [-0.39, 0.29) is 11.8 Å². The molecule has 2 N–H and O–H groups in total. The Balaban J connectivity index is 3.10. The Morgan fingerprint density at radius 2 is 1.68 bits per heavy atom. The van der Waals surface area contributed by atoms with E-state index in [0.29, 0.717) is 6.54 Å². The number of unbranched alkanes of at least 4 members (excludes halogenated alkanes) is 2. The lowest BCUT2D eigenvalue weighted by molar-refractivity contribution is -0.140. The van der Waals surface area contributed by atoms with Crippen LogP contribution < -0.4 is 10.6 Å². The van der Waals surface area contributed by atoms with E-state index < -0.39 is 23.8 Å². The summed E-state index contributed by atoms with van der Waals surface area (Å²) in [6, 6.07) is 4.15. The van der Waals surface area contributed by atoms with Gasteiger partial charge in [-0.15, -0.1) is 0 Å². The molecule has 0 aliphatic rings. The number of carbonyl (C=O) groups is 3. The van der Waals surface area contributed by atoms with E-state index >= 15 is 0 Å². The molecular formula is C24H39N3O4. The number of rotatable bonds is 9. The van der Waals surface area contributed by atoms with Crippen molar-refractivity contribution in [3.63, 3.8) is 0 Å². The number of aryl methyl sites for hydroxylation is 2. The number of nitrogens with zero attached hydrogens (tertiary/aromatic N) is 1. The number of hydrogen-bond donors (Lipinski definition) is 2. The first-order valence-corrected chi connectivity index (χ1v) is 11.0. The molecular weight excluding hydrogens is 394 g/mol. The van der Waals surface area contributed by atoms with Crippen LogP contribution in [0.2, 0.25) is 0 Å². The highest BCUT2D eigenvalue weighted by Crippen LogP contribution is 2.27. The summed E-state index contributed by atoms with van der Waals surface area (Å²) in [5.41, 5.74) is 2.00. The van der Waals surface area contributed by atoms with Crippen LogP contribution in [0.3, 0.4) is 0 Å². The predicted molar refractivity (Wildman–Crippen MR) is 123 cm³/mol. The summed E-state index contributed by atoms with van der Waals surface area (Å²) in [4.78, 5) is 39.8. The quantitative estimate of drug-likeness (QED) is 0.576. The summed E-state index contributed by atoms with van der Waals surface area (Å²) in [7, 11) is 1.60. The lowest BCUT2D eigenvalue weighted by Crippen LogP contribution is -2.50. The molecule has 2 unspecified atom stereocenters. The third-order valence-electron chi connectivity index (χ3n) is 4.98. The Morgan fingerprint density at radius 1 is 1.10 bits per heavy atom. The molecule has 0 fully saturated rings. The second-order valence-electron chi connectivity index (χ2n) is 9.02. The number of alkyl carbamates (subject to hydrolysis) is 1. The fourth-order valence-electron chi connectivity index (χ4n) is 3.42. The summed E-state index contributed by atoms with van der Waals surface area (Å²) in [5.74, 6) is -0.601. The van der Waals surface area contributed by atoms with Gasteiger partial charge in [-0.1, -0.05) is 38.0 Å². The first-order valence-electron chi connectivity index (χ1n) is 11.0. The molecule has 1 rings (SSSR count). The molecule has 0 aliphatic heterocycles. The predicted octanol–water partition coefficient (Wildman–Crippen LogP) is 4.02. The topological polar surface area (TPSA) is 87.7 Å². The number of benzene rings is 1. The fraction of sp³-hybridized carbons (Fsp3) is 0.625. The molecule has 0 radical (unpaired) electrons. The fourth-order valence-corrected chi connectivity index (χ4v) is 3.42. The van der Waals surface area contributed by atoms with Crippen molar-refractivity contribution in [1.82, 2.24) is 15.5 Å². The maximum Gasteiger partial charge on any atom is 0.408 e. The number of hydrogen-bond acceptors (Lipinski definition) is 4. The largest absolute Gasteiger partial charge is 0.444 e. The molecule has 0 heterocycles. The summed E-state index contributed by atoms with van der Waals surface area (Å²) < 4.78 is 5.25. The van der Waals surface area contributed by atoms with E-state index in [1.807, 2.05) is 32.0 Å². The van der Waals surface area contributed by atoms with Crippen LogP contribution >= 0.6 is 0 Å². The molecule has 7 nitrogen and oxygen atoms in total. The van der Waals surface area contributed by atoms with Gasteiger partial charge in [0.25, 0.3) is 0 Å². The van der Waals surface area contributed by atoms with Crippen LogP contribution in [0.5, 0.6) is 0 Å². The number of nitrogens with one attached hydrogen (secondary N) is 2. The molecule has 3 amide bonds. The summed E-state index contributed by atoms with van der Waals surface area (Å²) in [6.45, 7) is 13.4. The van der Waals surface area contributed by atoms with Gasteiger partial charge in [0, 0.05) is 13.6 Å². The summed E-state index contributed by atoms with van der Waals surface area (Å²) in [5, 5.41) is 5.54. The number of ether oxygens (including phenoxy) is 1. The normalized spacial score (nSPS) is 13.2. The van der Waals surface area contributed by atoms with Crippen LogP contribution in [0.4, 0.5) is 4.79 Å². The molecule has 0 aromatic heterocycles. The van der Waals surface area contributed by atoms with Gasteiger partial charge in [0.05, 0.1) is 0 Å². The molecule has 31 heavy (non-hydrogen) atoms. The Labute approximate surface area is 186 Å². The molecule has 0 aliphatic carbocycles. The molecule has 174 valence electrons. The Bertz CT molecular complexity index is 750. The van der Waals surface area contributed by atoms with Crippen molar-refractivity contribution in [2.24, 2.45) is 0 Å². The zero-order chi connectivity index (χ0) is 23.8. The van der Waals surface area contributed by atoms with Gasteiger partial charge >= 0.3 is 6.09 Å². The molecule has 0 spiro atoms. The van der Waals surface area contributed by atoms with Crippen molar-refractivity contribution in [3.05, 3.63) is 34.9 Å². The van der Waals surface area contributed by atoms with Crippen LogP contribution in [-0.4, -0.2) is 48.0 Å². The van der Waals surface area contributed by atoms with Gasteiger partial charge in [0.1, 0.15) is 17.7 Å². The average molecular weight is 434 g/mol. The summed E-state index contributed by atoms with van der Waals surface area (Å²) >= 11 is 0. The minimum atomic E-state index is -0.848. The molecule has 1 aromatic carbocycles. The van der Waals surface area contributed by atoms with Crippen molar-refractivity contribution in [2.45, 2.75) is 85.4 Å². The highest BCUT2D eigenvalue weighted by Gasteiger charge is 2.33. The van der Waals surface area contributed by atoms with Gasteiger partial charge in [-0.2, -0.15) is 0 Å². The highest BCUT2D eigenvalue weighted by atomic mass is 16.6. The number of carbonyl (C=O) groups excluding carboxylic acids is 3. The number of amides is 3. The van der Waals surface area contributed by atoms with Crippen molar-refractivity contribution in [2.75, 3.05) is 13.6 Å². The summed E-state index contributed by atoms with van der Waals surface area (Å²) in [6.07, 6.45) is 2.30. The van der Waals surface area contributed by atoms with Gasteiger partial charge < -0.3 is 20.3 Å². The van der Waals surface area contributed by atoms with Crippen molar-refractivity contribution in [3.8, 4) is 0 Å². The first kappa shape index (κ1) is 26.5. The van der Waals surface area contributed by atoms with Crippen molar-refractivity contribution in [1.29, 1.82) is 0 Å². The zero-order valence-corrected chi connectivity index (χ0v) is 20.3. The molecule has 1 aromatic rings. The monoisotopic (exact) mass is 433 g/mol. The second-order valence-corrected chi connectivity index (χ2v) is 9.02. The van der Waals surface area contributed by atoms with Gasteiger partial charge in [-0.3, -0.25) is 9.59 Å². The van der Waals surface area contributed by atoms with Crippen molar-refractivity contribution < 1.29 is 19.1 Å². The van der Waals surface area contributed by atoms with Crippen LogP contribution in [0.1, 0.15) is 76.6 Å². The lowest BCUT2D eigenvalue weighted by Gasteiger charge is -2.32. The molecule has 0 bridgehead atoms. The van der Waals surface area contributed by atoms with E-state index in [1.165, 1.54) is 4.90 Å². The third-order valence-corrected chi connectivity index (χ3v) is 4.98. The van der Waals surface area contributed by atoms with Crippen LogP contribution in [-0.2, 0) is 14.3 Å². The maximum absolute atomic E-state index is 13.2. The van der Waals surface area contributed by atoms with E-state index in [1.54, 1.807) is 34.7 Å². The molecule has 0 saturated heterocycles. The standard InChI is InChI=1S/C24H39N3O4/c1-9-10-11-15-25-21(28)20(19-16(2)13-12-14-17(19)3)27(8)22(29)18(4)26-23(30)31-24(5,6)7/h12-14,18,20H,9-11,15H2,1-8H3,(H,25,28)(H,26,30). The minimum Gasteiger partial charge on any atom is -0.444 e. The van der Waals surface area contributed by atoms with Gasteiger partial charge in [0.15, 0.2) is 0 Å². The van der Waals surface area contributed by atoms with E-state index in [0.717, 1.165) is 36.0 Å². The average Bonchev–Trinajstić information content (AvgIpc) is 2.65. The Kier molecular flexibility index (Phi) is 10.0. The molecule has 7 heteroatoms. The minimum absolute atomic E-state index is 0.228.